The summed E-state index contributed by atoms with van der Waals surface area (Å²) in [6, 6.07) is 4.05. The Balaban J connectivity index is 1.82. The van der Waals surface area contributed by atoms with E-state index in [0.717, 1.165) is 48.9 Å². The van der Waals surface area contributed by atoms with Gasteiger partial charge in [0.05, 0.1) is 12.5 Å². The molecule has 0 unspecified atom stereocenters. The van der Waals surface area contributed by atoms with Crippen LogP contribution >= 0.6 is 0 Å². The number of fused-ring (bicyclic) bond motifs is 4. The van der Waals surface area contributed by atoms with Gasteiger partial charge in [-0.15, -0.1) is 0 Å². The molecule has 0 aliphatic carbocycles. The smallest absolute Gasteiger partial charge is 0.348 e. The number of hydrogen-bond donors (Lipinski definition) is 2. The fraction of sp³-hybridized carbons (Fsp3) is 0.471. The highest BCUT2D eigenvalue weighted by Crippen LogP contribution is 2.35. The van der Waals surface area contributed by atoms with Crippen molar-refractivity contribution in [3.8, 4) is 11.1 Å². The maximum absolute atomic E-state index is 15.8. The summed E-state index contributed by atoms with van der Waals surface area (Å²) >= 11 is 0. The molecule has 1 amide bonds. The van der Waals surface area contributed by atoms with E-state index in [-0.39, 0.29) is 16.9 Å². The predicted octanol–water partition coefficient (Wildman–Crippen LogP) is 5.68. The summed E-state index contributed by atoms with van der Waals surface area (Å²) in [6.07, 6.45) is 8.27. The lowest BCUT2D eigenvalue weighted by Gasteiger charge is -2.25. The first-order valence-electron chi connectivity index (χ1n) is 15.3. The van der Waals surface area contributed by atoms with Gasteiger partial charge in [0.2, 0.25) is 5.91 Å². The van der Waals surface area contributed by atoms with Crippen molar-refractivity contribution >= 4 is 11.9 Å². The van der Waals surface area contributed by atoms with E-state index in [4.69, 9.17) is 0 Å². The van der Waals surface area contributed by atoms with Crippen LogP contribution in [0.5, 0.6) is 0 Å². The van der Waals surface area contributed by atoms with Gasteiger partial charge in [-0.25, -0.2) is 18.6 Å². The lowest BCUT2D eigenvalue weighted by Crippen LogP contribution is -2.40. The molecule has 44 heavy (non-hydrogen) atoms. The third-order valence-electron chi connectivity index (χ3n) is 8.30. The number of halogens is 2. The molecule has 1 aliphatic heterocycles. The van der Waals surface area contributed by atoms with Crippen molar-refractivity contribution in [2.24, 2.45) is 0 Å². The molecule has 0 spiro atoms. The first kappa shape index (κ1) is 33.0. The highest BCUT2D eigenvalue weighted by molar-refractivity contribution is 5.82. The molecule has 4 rings (SSSR count). The van der Waals surface area contributed by atoms with Crippen molar-refractivity contribution in [1.82, 2.24) is 19.8 Å². The molecule has 0 saturated heterocycles. The number of rotatable bonds is 6. The number of carbonyl (C=O) groups excluding carboxylic acids is 1. The number of benzene rings is 2. The zero-order valence-corrected chi connectivity index (χ0v) is 26.0. The van der Waals surface area contributed by atoms with E-state index in [9.17, 15) is 23.9 Å². The van der Waals surface area contributed by atoms with Gasteiger partial charge in [-0.2, -0.15) is 0 Å². The number of amides is 1. The van der Waals surface area contributed by atoms with Gasteiger partial charge in [0.1, 0.15) is 17.7 Å². The van der Waals surface area contributed by atoms with Crippen LogP contribution in [-0.2, 0) is 22.4 Å². The number of aromatic nitrogens is 2. The van der Waals surface area contributed by atoms with E-state index in [1.165, 1.54) is 22.9 Å². The Hall–Kier alpha value is -3.92. The zero-order chi connectivity index (χ0) is 32.0. The molecule has 2 aromatic carbocycles. The lowest BCUT2D eigenvalue weighted by molar-refractivity contribution is -0.138. The molecule has 2 heterocycles. The molecule has 10 heteroatoms. The van der Waals surface area contributed by atoms with E-state index < -0.39 is 41.9 Å². The molecule has 0 fully saturated rings. The summed E-state index contributed by atoms with van der Waals surface area (Å²) in [6.45, 7) is 4.12. The summed E-state index contributed by atoms with van der Waals surface area (Å²) in [4.78, 5) is 45.0. The number of carboxylic acids is 1. The Morgan fingerprint density at radius 1 is 1.05 bits per heavy atom. The molecule has 3 aromatic rings. The van der Waals surface area contributed by atoms with Crippen LogP contribution in [-0.4, -0.2) is 52.1 Å². The second-order valence-corrected chi connectivity index (χ2v) is 12.1. The van der Waals surface area contributed by atoms with Crippen molar-refractivity contribution in [3.05, 3.63) is 86.6 Å². The van der Waals surface area contributed by atoms with Gasteiger partial charge < -0.3 is 15.3 Å². The second kappa shape index (κ2) is 14.7. The van der Waals surface area contributed by atoms with Crippen LogP contribution in [0.2, 0.25) is 0 Å². The summed E-state index contributed by atoms with van der Waals surface area (Å²) in [5, 5.41) is 12.6. The summed E-state index contributed by atoms with van der Waals surface area (Å²) in [5.41, 5.74) is 3.45. The number of nitrogens with zero attached hydrogens (tertiary/aromatic N) is 3. The van der Waals surface area contributed by atoms with Crippen LogP contribution in [0, 0.1) is 25.5 Å². The number of aryl methyl sites for hydroxylation is 3. The normalized spacial score (nSPS) is 18.1. The van der Waals surface area contributed by atoms with Gasteiger partial charge in [-0.1, -0.05) is 25.7 Å². The number of nitrogens with one attached hydrogen (secondary N) is 1. The Labute approximate surface area is 257 Å². The molecular formula is C34H42F2N4O4. The number of carboxylic acid groups (broad SMARTS) is 1. The summed E-state index contributed by atoms with van der Waals surface area (Å²) < 4.78 is 31.6. The fourth-order valence-corrected chi connectivity index (χ4v) is 6.06. The van der Waals surface area contributed by atoms with Crippen molar-refractivity contribution < 1.29 is 23.5 Å². The van der Waals surface area contributed by atoms with Gasteiger partial charge in [0.25, 0.3) is 0 Å². The maximum Gasteiger partial charge on any atom is 0.348 e. The topological polar surface area (TPSA) is 105 Å². The monoisotopic (exact) mass is 608 g/mol. The average molecular weight is 609 g/mol. The number of carbonyl (C=O) groups is 2. The predicted molar refractivity (Wildman–Crippen MR) is 166 cm³/mol. The highest BCUT2D eigenvalue weighted by Gasteiger charge is 2.29. The first-order chi connectivity index (χ1) is 20.9. The van der Waals surface area contributed by atoms with Crippen LogP contribution in [0.25, 0.3) is 11.1 Å². The average Bonchev–Trinajstić information content (AvgIpc) is 2.94. The Morgan fingerprint density at radius 2 is 1.77 bits per heavy atom. The standard InChI is InChI=1S/C34H42F2N4O4/c1-21-15-26(35)16-24-10-8-6-5-7-9-11-29(40-20-23(12-13-39(3)4)19-37-34(40)44)33(43)38-28(18-30(41)42)27-17-25(31(21)24)14-22(2)32(27)36/h14-17,19-20,28-29H,5-13,18H2,1-4H3,(H,38,43)(H,41,42)/t28-,29-/m0/s1. The maximum atomic E-state index is 15.8. The highest BCUT2D eigenvalue weighted by atomic mass is 19.1. The van der Waals surface area contributed by atoms with Gasteiger partial charge in [0, 0.05) is 24.5 Å². The van der Waals surface area contributed by atoms with E-state index in [2.05, 4.69) is 10.3 Å². The summed E-state index contributed by atoms with van der Waals surface area (Å²) in [5.74, 6) is -2.75. The van der Waals surface area contributed by atoms with E-state index in [1.54, 1.807) is 32.2 Å². The Kier molecular flexibility index (Phi) is 11.0. The molecule has 236 valence electrons. The number of likely N-dealkylation sites (N-methyl/N-ethyl adjacent to an activating group) is 1. The zero-order valence-electron chi connectivity index (χ0n) is 26.0. The molecule has 2 N–H and O–H groups in total. The second-order valence-electron chi connectivity index (χ2n) is 12.1. The van der Waals surface area contributed by atoms with E-state index in [0.29, 0.717) is 36.8 Å². The van der Waals surface area contributed by atoms with E-state index >= 15 is 4.39 Å². The van der Waals surface area contributed by atoms with Crippen LogP contribution in [0.15, 0.2) is 41.5 Å². The van der Waals surface area contributed by atoms with Crippen molar-refractivity contribution in [1.29, 1.82) is 0 Å². The molecule has 1 aliphatic rings. The molecule has 0 saturated carbocycles. The number of hydrogen-bond acceptors (Lipinski definition) is 5. The number of aliphatic carboxylic acids is 1. The lowest BCUT2D eigenvalue weighted by atomic mass is 9.88. The minimum atomic E-state index is -1.22. The Morgan fingerprint density at radius 3 is 2.50 bits per heavy atom. The van der Waals surface area contributed by atoms with Crippen molar-refractivity contribution in [3.63, 3.8) is 0 Å². The molecule has 2 bridgehead atoms. The largest absolute Gasteiger partial charge is 0.481 e. The minimum Gasteiger partial charge on any atom is -0.481 e. The first-order valence-corrected chi connectivity index (χ1v) is 15.3. The van der Waals surface area contributed by atoms with Gasteiger partial charge in [0.15, 0.2) is 0 Å². The minimum absolute atomic E-state index is 0.0291. The SMILES string of the molecule is Cc1cc2cc(c1F)[C@H](CC(=O)O)NC(=O)[C@@H](n1cc(CCN(C)C)cnc1=O)CCCCCCCc1cc(F)cc(C)c1-2. The van der Waals surface area contributed by atoms with Crippen LogP contribution in [0.3, 0.4) is 0 Å². The third kappa shape index (κ3) is 8.16. The Bertz CT molecular complexity index is 1570. The van der Waals surface area contributed by atoms with Crippen molar-refractivity contribution in [2.75, 3.05) is 20.6 Å². The van der Waals surface area contributed by atoms with Gasteiger partial charge in [-0.05, 0) is 111 Å². The molecule has 0 radical (unpaired) electrons. The summed E-state index contributed by atoms with van der Waals surface area (Å²) in [7, 11) is 3.88. The third-order valence-corrected chi connectivity index (χ3v) is 8.30. The van der Waals surface area contributed by atoms with E-state index in [1.807, 2.05) is 19.0 Å². The van der Waals surface area contributed by atoms with Crippen LogP contribution < -0.4 is 11.0 Å². The van der Waals surface area contributed by atoms with Crippen LogP contribution in [0.4, 0.5) is 8.78 Å². The fourth-order valence-electron chi connectivity index (χ4n) is 6.06. The molecular weight excluding hydrogens is 566 g/mol. The molecule has 1 aromatic heterocycles. The molecule has 2 atom stereocenters. The van der Waals surface area contributed by atoms with Gasteiger partial charge in [-0.3, -0.25) is 14.2 Å². The van der Waals surface area contributed by atoms with Crippen molar-refractivity contribution in [2.45, 2.75) is 83.7 Å². The van der Waals surface area contributed by atoms with Crippen LogP contribution in [0.1, 0.15) is 84.8 Å². The molecule has 8 nitrogen and oxygen atoms in total. The van der Waals surface area contributed by atoms with Gasteiger partial charge >= 0.3 is 11.7 Å². The quantitative estimate of drug-likeness (QED) is 0.373.